The second-order valence-corrected chi connectivity index (χ2v) is 7.36. The van der Waals surface area contributed by atoms with Gasteiger partial charge < -0.3 is 20.5 Å². The van der Waals surface area contributed by atoms with Crippen molar-refractivity contribution in [3.8, 4) is 0 Å². The molecule has 0 amide bonds. The lowest BCUT2D eigenvalue weighted by Crippen LogP contribution is -2.50. The Kier molecular flexibility index (Phi) is 4.47. The number of hydrogen-bond donors (Lipinski definition) is 2. The van der Waals surface area contributed by atoms with Crippen molar-refractivity contribution in [2.75, 3.05) is 24.6 Å². The molecule has 1 aromatic heterocycles. The number of anilines is 1. The number of aromatic nitrogens is 1. The van der Waals surface area contributed by atoms with Crippen LogP contribution in [-0.2, 0) is 11.3 Å². The maximum atomic E-state index is 9.60. The van der Waals surface area contributed by atoms with Crippen molar-refractivity contribution in [1.29, 1.82) is 0 Å². The molecule has 6 heteroatoms. The minimum atomic E-state index is -0.0461. The first kappa shape index (κ1) is 16.2. The van der Waals surface area contributed by atoms with Crippen molar-refractivity contribution in [3.05, 3.63) is 21.9 Å². The van der Waals surface area contributed by atoms with Crippen LogP contribution in [0.2, 0.25) is 0 Å². The maximum absolute atomic E-state index is 9.60. The van der Waals surface area contributed by atoms with Crippen LogP contribution in [0.4, 0.5) is 5.69 Å². The zero-order valence-corrected chi connectivity index (χ0v) is 14.8. The van der Waals surface area contributed by atoms with Gasteiger partial charge in [0.25, 0.3) is 0 Å². The summed E-state index contributed by atoms with van der Waals surface area (Å²) < 4.78 is 6.58. The first-order valence-electron chi connectivity index (χ1n) is 7.86. The highest BCUT2D eigenvalue weighted by molar-refractivity contribution is 9.10. The molecule has 0 unspecified atom stereocenters. The highest BCUT2D eigenvalue weighted by Crippen LogP contribution is 2.42. The fourth-order valence-corrected chi connectivity index (χ4v) is 4.00. The summed E-state index contributed by atoms with van der Waals surface area (Å²) in [6.45, 7) is 6.68. The number of aryl methyl sites for hydroxylation is 1. The van der Waals surface area contributed by atoms with Gasteiger partial charge in [-0.2, -0.15) is 0 Å². The van der Waals surface area contributed by atoms with Crippen LogP contribution in [0, 0.1) is 12.3 Å². The molecule has 3 rings (SSSR count). The van der Waals surface area contributed by atoms with Crippen molar-refractivity contribution in [2.24, 2.45) is 11.1 Å². The zero-order chi connectivity index (χ0) is 15.9. The number of hydrogen-bond acceptors (Lipinski definition) is 5. The summed E-state index contributed by atoms with van der Waals surface area (Å²) in [4.78, 5) is 6.78. The van der Waals surface area contributed by atoms with Crippen molar-refractivity contribution in [1.82, 2.24) is 4.98 Å². The third kappa shape index (κ3) is 2.66. The van der Waals surface area contributed by atoms with Crippen molar-refractivity contribution < 1.29 is 9.84 Å². The Morgan fingerprint density at radius 2 is 2.18 bits per heavy atom. The maximum Gasteiger partial charge on any atom is 0.109 e. The molecule has 0 aromatic carbocycles. The minimum absolute atomic E-state index is 0.0461. The first-order valence-corrected chi connectivity index (χ1v) is 8.65. The van der Waals surface area contributed by atoms with E-state index in [4.69, 9.17) is 10.5 Å². The van der Waals surface area contributed by atoms with E-state index < -0.39 is 0 Å². The van der Waals surface area contributed by atoms with Crippen LogP contribution in [0.15, 0.2) is 10.7 Å². The van der Waals surface area contributed by atoms with E-state index in [-0.39, 0.29) is 24.2 Å². The highest BCUT2D eigenvalue weighted by Gasteiger charge is 2.47. The Hall–Kier alpha value is -0.690. The van der Waals surface area contributed by atoms with Crippen LogP contribution in [-0.4, -0.2) is 41.9 Å². The van der Waals surface area contributed by atoms with Gasteiger partial charge in [-0.1, -0.05) is 0 Å². The van der Waals surface area contributed by atoms with Gasteiger partial charge in [0.2, 0.25) is 0 Å². The molecule has 2 fully saturated rings. The Balaban J connectivity index is 1.78. The topological polar surface area (TPSA) is 71.6 Å². The molecular formula is C16H24BrN3O2. The molecule has 0 aliphatic carbocycles. The van der Waals surface area contributed by atoms with E-state index in [0.29, 0.717) is 0 Å². The number of piperidine rings is 1. The lowest BCUT2D eigenvalue weighted by Gasteiger charge is -2.42. The second-order valence-electron chi connectivity index (χ2n) is 6.61. The molecule has 122 valence electrons. The summed E-state index contributed by atoms with van der Waals surface area (Å²) in [6, 6.07) is 2.23. The third-order valence-corrected chi connectivity index (χ3v) is 6.11. The molecule has 0 radical (unpaired) electrons. The summed E-state index contributed by atoms with van der Waals surface area (Å²) in [5, 5.41) is 9.60. The largest absolute Gasteiger partial charge is 0.390 e. The third-order valence-electron chi connectivity index (χ3n) is 5.30. The monoisotopic (exact) mass is 369 g/mol. The first-order chi connectivity index (χ1) is 10.5. The van der Waals surface area contributed by atoms with Crippen LogP contribution < -0.4 is 10.6 Å². The van der Waals surface area contributed by atoms with Crippen molar-refractivity contribution in [3.63, 3.8) is 0 Å². The average molecular weight is 370 g/mol. The molecule has 3 N–H and O–H groups in total. The number of halogens is 1. The van der Waals surface area contributed by atoms with Crippen molar-refractivity contribution >= 4 is 21.6 Å². The van der Waals surface area contributed by atoms with Gasteiger partial charge in [-0.25, -0.2) is 4.98 Å². The normalized spacial score (nSPS) is 27.6. The Morgan fingerprint density at radius 3 is 2.73 bits per heavy atom. The van der Waals surface area contributed by atoms with E-state index in [2.05, 4.69) is 38.8 Å². The number of nitrogens with two attached hydrogens (primary N) is 1. The molecule has 1 aromatic rings. The Bertz CT molecular complexity index is 559. The molecule has 2 atom stereocenters. The molecule has 22 heavy (non-hydrogen) atoms. The smallest absolute Gasteiger partial charge is 0.109 e. The fraction of sp³-hybridized carbons (Fsp3) is 0.688. The van der Waals surface area contributed by atoms with Gasteiger partial charge in [-0.3, -0.25) is 0 Å². The van der Waals surface area contributed by atoms with Gasteiger partial charge in [-0.05, 0) is 54.2 Å². The molecule has 1 spiro atoms. The number of ether oxygens (including phenoxy) is 1. The van der Waals surface area contributed by atoms with Gasteiger partial charge >= 0.3 is 0 Å². The van der Waals surface area contributed by atoms with Crippen LogP contribution in [0.25, 0.3) is 0 Å². The molecule has 5 nitrogen and oxygen atoms in total. The number of rotatable bonds is 2. The number of nitrogens with zero attached hydrogens (tertiary/aromatic N) is 2. The van der Waals surface area contributed by atoms with Crippen LogP contribution in [0.3, 0.4) is 0 Å². The van der Waals surface area contributed by atoms with E-state index >= 15 is 0 Å². The predicted octanol–water partition coefficient (Wildman–Crippen LogP) is 1.98. The number of aliphatic hydroxyl groups is 1. The van der Waals surface area contributed by atoms with Crippen LogP contribution in [0.5, 0.6) is 0 Å². The molecule has 0 bridgehead atoms. The van der Waals surface area contributed by atoms with Gasteiger partial charge in [0, 0.05) is 24.5 Å². The Morgan fingerprint density at radius 1 is 1.50 bits per heavy atom. The molecule has 2 aliphatic heterocycles. The number of pyridine rings is 1. The summed E-state index contributed by atoms with van der Waals surface area (Å²) in [7, 11) is 0. The molecule has 0 saturated carbocycles. The lowest BCUT2D eigenvalue weighted by atomic mass is 9.73. The van der Waals surface area contributed by atoms with Crippen LogP contribution >= 0.6 is 15.9 Å². The minimum Gasteiger partial charge on any atom is -0.390 e. The average Bonchev–Trinajstić information content (AvgIpc) is 2.79. The summed E-state index contributed by atoms with van der Waals surface area (Å²) >= 11 is 3.43. The second kappa shape index (κ2) is 6.07. The van der Waals surface area contributed by atoms with Crippen molar-refractivity contribution in [2.45, 2.75) is 45.4 Å². The summed E-state index contributed by atoms with van der Waals surface area (Å²) in [5.41, 5.74) is 9.34. The SMILES string of the molecule is Cc1cc(N2CCC3(CC2)CO[C@@H](C)[C@H]3N)c(CO)nc1Br. The van der Waals surface area contributed by atoms with Crippen LogP contribution in [0.1, 0.15) is 31.0 Å². The molecule has 3 heterocycles. The number of aliphatic hydroxyl groups excluding tert-OH is 1. The lowest BCUT2D eigenvalue weighted by molar-refractivity contribution is 0.0974. The van der Waals surface area contributed by atoms with E-state index in [1.165, 1.54) is 0 Å². The van der Waals surface area contributed by atoms with Gasteiger partial charge in [0.15, 0.2) is 0 Å². The van der Waals surface area contributed by atoms with E-state index in [0.717, 1.165) is 54.1 Å². The summed E-state index contributed by atoms with van der Waals surface area (Å²) in [5.74, 6) is 0. The van der Waals surface area contributed by atoms with E-state index in [9.17, 15) is 5.11 Å². The standard InChI is InChI=1S/C16H24BrN3O2/c1-10-7-13(12(8-21)19-15(10)17)20-5-3-16(4-6-20)9-22-11(2)14(16)18/h7,11,14,21H,3-6,8-9,18H2,1-2H3/t11-,14+/m0/s1. The van der Waals surface area contributed by atoms with Gasteiger partial charge in [-0.15, -0.1) is 0 Å². The van der Waals surface area contributed by atoms with E-state index in [1.807, 2.05) is 6.92 Å². The fourth-order valence-electron chi connectivity index (χ4n) is 3.67. The molecular weight excluding hydrogens is 346 g/mol. The molecule has 2 aliphatic rings. The summed E-state index contributed by atoms with van der Waals surface area (Å²) in [6.07, 6.45) is 2.20. The van der Waals surface area contributed by atoms with Gasteiger partial charge in [0.05, 0.1) is 30.7 Å². The van der Waals surface area contributed by atoms with Gasteiger partial charge in [0.1, 0.15) is 4.60 Å². The predicted molar refractivity (Wildman–Crippen MR) is 89.9 cm³/mol. The quantitative estimate of drug-likeness (QED) is 0.779. The van der Waals surface area contributed by atoms with E-state index in [1.54, 1.807) is 0 Å². The molecule has 2 saturated heterocycles. The zero-order valence-electron chi connectivity index (χ0n) is 13.2. The highest BCUT2D eigenvalue weighted by atomic mass is 79.9. The Labute approximate surface area is 140 Å².